The first-order chi connectivity index (χ1) is 23.6. The minimum Gasteiger partial charge on any atom is -0.460 e. The van der Waals surface area contributed by atoms with Crippen LogP contribution >= 0.6 is 0 Å². The van der Waals surface area contributed by atoms with E-state index < -0.39 is 41.3 Å². The summed E-state index contributed by atoms with van der Waals surface area (Å²) in [4.78, 5) is 90.2. The number of rotatable bonds is 17. The van der Waals surface area contributed by atoms with Gasteiger partial charge in [-0.1, -0.05) is 60.1 Å². The maximum atomic E-state index is 13.2. The maximum absolute atomic E-state index is 13.2. The Labute approximate surface area is 302 Å². The molecule has 284 valence electrons. The molecule has 1 aromatic carbocycles. The molecule has 4 atom stereocenters. The van der Waals surface area contributed by atoms with E-state index in [0.717, 1.165) is 5.56 Å². The molecular weight excluding hydrogens is 654 g/mol. The van der Waals surface area contributed by atoms with Crippen LogP contribution in [0.25, 0.3) is 0 Å². The van der Waals surface area contributed by atoms with E-state index in [-0.39, 0.29) is 60.4 Å². The lowest BCUT2D eigenvalue weighted by atomic mass is 9.80. The molecule has 1 unspecified atom stereocenters. The van der Waals surface area contributed by atoms with Crippen molar-refractivity contribution in [3.8, 4) is 0 Å². The third-order valence-electron chi connectivity index (χ3n) is 8.84. The van der Waals surface area contributed by atoms with Crippen LogP contribution in [0.1, 0.15) is 113 Å². The van der Waals surface area contributed by atoms with E-state index in [4.69, 9.17) is 4.74 Å². The lowest BCUT2D eigenvalue weighted by Crippen LogP contribution is -2.57. The average Bonchev–Trinajstić information content (AvgIpc) is 3.33. The third kappa shape index (κ3) is 13.4. The van der Waals surface area contributed by atoms with Crippen molar-refractivity contribution in [2.24, 2.45) is 22.7 Å². The second-order valence-electron chi connectivity index (χ2n) is 15.8. The Hall–Kier alpha value is -4.29. The number of benzene rings is 1. The van der Waals surface area contributed by atoms with Gasteiger partial charge in [-0.15, -0.1) is 0 Å². The smallest absolute Gasteiger partial charge is 0.311 e. The number of nitrogens with zero attached hydrogens (tertiary/aromatic N) is 1. The molecule has 1 saturated heterocycles. The number of anilines is 1. The van der Waals surface area contributed by atoms with Crippen LogP contribution in [0.3, 0.4) is 0 Å². The molecule has 13 heteroatoms. The van der Waals surface area contributed by atoms with Gasteiger partial charge >= 0.3 is 5.97 Å². The number of imide groups is 1. The van der Waals surface area contributed by atoms with Crippen LogP contribution in [-0.4, -0.2) is 71.0 Å². The Morgan fingerprint density at radius 2 is 1.47 bits per heavy atom. The van der Waals surface area contributed by atoms with E-state index in [2.05, 4.69) is 21.3 Å². The zero-order valence-corrected chi connectivity index (χ0v) is 32.1. The molecule has 0 aromatic heterocycles. The van der Waals surface area contributed by atoms with E-state index in [0.29, 0.717) is 37.9 Å². The fourth-order valence-electron chi connectivity index (χ4n) is 5.40. The first-order valence-electron chi connectivity index (χ1n) is 18.0. The highest BCUT2D eigenvalue weighted by Crippen LogP contribution is 2.35. The normalized spacial score (nSPS) is 16.7. The highest BCUT2D eigenvalue weighted by molar-refractivity contribution is 6.04. The van der Waals surface area contributed by atoms with Crippen molar-refractivity contribution in [3.05, 3.63) is 29.8 Å². The molecule has 1 aliphatic rings. The highest BCUT2D eigenvalue weighted by atomic mass is 16.5. The summed E-state index contributed by atoms with van der Waals surface area (Å²) in [5, 5.41) is 10.9. The lowest BCUT2D eigenvalue weighted by molar-refractivity contribution is -0.154. The van der Waals surface area contributed by atoms with Crippen LogP contribution < -0.4 is 21.3 Å². The fourth-order valence-corrected chi connectivity index (χ4v) is 5.40. The highest BCUT2D eigenvalue weighted by Gasteiger charge is 2.44. The standard InChI is InChI=1S/C38H59N5O8/c1-11-28(41-29(44)15-13-12-14-20-43-30(45)21-27(35(43)49)37(5,6)7)33(47)42-31(23(2)3)34(48)39-24(4)32(46)40-26-18-16-25(17-19-26)22-51-36(50)38(8,9)10/h16-19,23-24,27-28,31H,11-15,20-22H2,1-10H3,(H,39,48)(H,40,46)(H,41,44)(H,42,47)/t24-,27?,28-,31-/m0/s1. The zero-order chi connectivity index (χ0) is 38.7. The number of hydrogen-bond acceptors (Lipinski definition) is 8. The monoisotopic (exact) mass is 713 g/mol. The second-order valence-corrected chi connectivity index (χ2v) is 15.8. The van der Waals surface area contributed by atoms with E-state index in [1.54, 1.807) is 65.8 Å². The van der Waals surface area contributed by atoms with Crippen LogP contribution in [0.5, 0.6) is 0 Å². The Balaban J connectivity index is 1.81. The molecule has 0 aliphatic carbocycles. The Bertz CT molecular complexity index is 1410. The van der Waals surface area contributed by atoms with Gasteiger partial charge in [-0.05, 0) is 76.0 Å². The molecule has 0 radical (unpaired) electrons. The fraction of sp³-hybridized carbons (Fsp3) is 0.658. The van der Waals surface area contributed by atoms with Crippen molar-refractivity contribution >= 4 is 47.1 Å². The largest absolute Gasteiger partial charge is 0.460 e. The lowest BCUT2D eigenvalue weighted by Gasteiger charge is -2.26. The maximum Gasteiger partial charge on any atom is 0.311 e. The predicted molar refractivity (Wildman–Crippen MR) is 194 cm³/mol. The molecule has 0 spiro atoms. The summed E-state index contributed by atoms with van der Waals surface area (Å²) in [6.45, 7) is 18.4. The quantitative estimate of drug-likeness (QED) is 0.105. The minimum absolute atomic E-state index is 0.104. The van der Waals surface area contributed by atoms with Crippen molar-refractivity contribution < 1.29 is 38.3 Å². The zero-order valence-electron chi connectivity index (χ0n) is 32.1. The van der Waals surface area contributed by atoms with E-state index in [1.165, 1.54) is 11.8 Å². The van der Waals surface area contributed by atoms with E-state index in [1.807, 2.05) is 20.8 Å². The van der Waals surface area contributed by atoms with Crippen LogP contribution in [0.4, 0.5) is 5.69 Å². The van der Waals surface area contributed by atoms with Crippen molar-refractivity contribution in [2.75, 3.05) is 11.9 Å². The summed E-state index contributed by atoms with van der Waals surface area (Å²) in [6.07, 6.45) is 2.45. The number of carbonyl (C=O) groups is 7. The van der Waals surface area contributed by atoms with Gasteiger partial charge in [0.05, 0.1) is 11.3 Å². The van der Waals surface area contributed by atoms with Crippen molar-refractivity contribution in [3.63, 3.8) is 0 Å². The summed E-state index contributed by atoms with van der Waals surface area (Å²) >= 11 is 0. The van der Waals surface area contributed by atoms with Gasteiger partial charge in [-0.2, -0.15) is 0 Å². The average molecular weight is 714 g/mol. The van der Waals surface area contributed by atoms with Crippen molar-refractivity contribution in [1.29, 1.82) is 0 Å². The number of likely N-dealkylation sites (tertiary alicyclic amines) is 1. The summed E-state index contributed by atoms with van der Waals surface area (Å²) in [5.41, 5.74) is 0.358. The molecule has 2 rings (SSSR count). The molecule has 1 aliphatic heterocycles. The van der Waals surface area contributed by atoms with Crippen LogP contribution in [0.2, 0.25) is 0 Å². The molecular formula is C38H59N5O8. The minimum atomic E-state index is -0.956. The number of unbranched alkanes of at least 4 members (excludes halogenated alkanes) is 2. The number of nitrogens with one attached hydrogen (secondary N) is 4. The predicted octanol–water partition coefficient (Wildman–Crippen LogP) is 4.24. The molecule has 1 fully saturated rings. The summed E-state index contributed by atoms with van der Waals surface area (Å²) in [5.74, 6) is -3.05. The molecule has 13 nitrogen and oxygen atoms in total. The number of hydrogen-bond donors (Lipinski definition) is 4. The Morgan fingerprint density at radius 3 is 2.00 bits per heavy atom. The van der Waals surface area contributed by atoms with Crippen molar-refractivity contribution in [1.82, 2.24) is 20.9 Å². The van der Waals surface area contributed by atoms with Gasteiger partial charge in [0.1, 0.15) is 24.7 Å². The van der Waals surface area contributed by atoms with Crippen LogP contribution in [-0.2, 0) is 44.9 Å². The summed E-state index contributed by atoms with van der Waals surface area (Å²) in [7, 11) is 0. The van der Waals surface area contributed by atoms with E-state index >= 15 is 0 Å². The number of esters is 1. The van der Waals surface area contributed by atoms with Gasteiger partial charge in [0, 0.05) is 25.1 Å². The molecule has 0 bridgehead atoms. The second kappa shape index (κ2) is 18.8. The van der Waals surface area contributed by atoms with Gasteiger partial charge in [0.2, 0.25) is 35.4 Å². The van der Waals surface area contributed by atoms with E-state index in [9.17, 15) is 33.6 Å². The Morgan fingerprint density at radius 1 is 0.843 bits per heavy atom. The van der Waals surface area contributed by atoms with Gasteiger partial charge in [0.15, 0.2) is 0 Å². The summed E-state index contributed by atoms with van der Waals surface area (Å²) in [6, 6.07) is 4.06. The molecule has 4 N–H and O–H groups in total. The SMILES string of the molecule is CC[C@H](NC(=O)CCCCCN1C(=O)CC(C(C)(C)C)C1=O)C(=O)N[C@H](C(=O)N[C@@H](C)C(=O)Nc1ccc(COC(=O)C(C)(C)C)cc1)C(C)C. The Kier molecular flexibility index (Phi) is 15.8. The summed E-state index contributed by atoms with van der Waals surface area (Å²) < 4.78 is 5.32. The number of amides is 6. The van der Waals surface area contributed by atoms with Crippen LogP contribution in [0.15, 0.2) is 24.3 Å². The van der Waals surface area contributed by atoms with Crippen molar-refractivity contribution in [2.45, 2.75) is 132 Å². The first-order valence-corrected chi connectivity index (χ1v) is 18.0. The third-order valence-corrected chi connectivity index (χ3v) is 8.84. The van der Waals surface area contributed by atoms with Gasteiger partial charge in [-0.3, -0.25) is 38.5 Å². The number of ether oxygens (including phenoxy) is 1. The molecule has 6 amide bonds. The van der Waals surface area contributed by atoms with Gasteiger partial charge in [0.25, 0.3) is 0 Å². The molecule has 51 heavy (non-hydrogen) atoms. The first kappa shape index (κ1) is 42.9. The number of carbonyl (C=O) groups excluding carboxylic acids is 7. The molecule has 0 saturated carbocycles. The molecule has 1 heterocycles. The molecule has 1 aromatic rings. The van der Waals surface area contributed by atoms with Crippen LogP contribution in [0, 0.1) is 22.7 Å². The van der Waals surface area contributed by atoms with Gasteiger partial charge < -0.3 is 26.0 Å². The topological polar surface area (TPSA) is 180 Å². The van der Waals surface area contributed by atoms with Gasteiger partial charge in [-0.25, -0.2) is 0 Å².